The van der Waals surface area contributed by atoms with E-state index >= 15 is 0 Å². The number of nitrogens with zero attached hydrogens (tertiary/aromatic N) is 1. The first-order chi connectivity index (χ1) is 10.1. The number of methoxy groups -OCH3 is 1. The molecule has 1 atom stereocenters. The van der Waals surface area contributed by atoms with Gasteiger partial charge in [-0.3, -0.25) is 0 Å². The zero-order chi connectivity index (χ0) is 15.7. The summed E-state index contributed by atoms with van der Waals surface area (Å²) in [7, 11) is 3.89. The van der Waals surface area contributed by atoms with E-state index in [9.17, 15) is 0 Å². The van der Waals surface area contributed by atoms with Gasteiger partial charge in [0.2, 0.25) is 0 Å². The fourth-order valence-corrected chi connectivity index (χ4v) is 3.37. The summed E-state index contributed by atoms with van der Waals surface area (Å²) in [6.45, 7) is 4.60. The first-order valence-electron chi connectivity index (χ1n) is 7.33. The molecular formula is C16H27ClN2OS. The molecule has 0 aliphatic carbocycles. The van der Waals surface area contributed by atoms with Gasteiger partial charge < -0.3 is 15.0 Å². The van der Waals surface area contributed by atoms with Crippen LogP contribution in [0.1, 0.15) is 18.9 Å². The Bertz CT molecular complexity index is 417. The lowest BCUT2D eigenvalue weighted by molar-refractivity contribution is 0.199. The summed E-state index contributed by atoms with van der Waals surface area (Å²) in [6, 6.07) is 6.69. The molecule has 0 aliphatic rings. The summed E-state index contributed by atoms with van der Waals surface area (Å²) in [5.74, 6) is 1.13. The number of halogens is 1. The maximum absolute atomic E-state index is 6.16. The van der Waals surface area contributed by atoms with Crippen LogP contribution in [0.5, 0.6) is 0 Å². The highest BCUT2D eigenvalue weighted by Gasteiger charge is 2.16. The molecule has 1 unspecified atom stereocenters. The molecule has 1 aromatic rings. The molecule has 0 radical (unpaired) electrons. The monoisotopic (exact) mass is 330 g/mol. The standard InChI is InChI=1S/C16H27ClN2OS/c1-5-15(12-21-4)19(2)16-7-6-14(17)10-13(16)11-18-8-9-20-3/h6-7,10,15,18H,5,8-9,11-12H2,1-4H3. The lowest BCUT2D eigenvalue weighted by Crippen LogP contribution is -2.34. The van der Waals surface area contributed by atoms with Crippen LogP contribution in [-0.2, 0) is 11.3 Å². The van der Waals surface area contributed by atoms with Crippen LogP contribution < -0.4 is 10.2 Å². The zero-order valence-electron chi connectivity index (χ0n) is 13.5. The van der Waals surface area contributed by atoms with Crippen LogP contribution in [0.4, 0.5) is 5.69 Å². The van der Waals surface area contributed by atoms with Crippen molar-refractivity contribution in [3.05, 3.63) is 28.8 Å². The zero-order valence-corrected chi connectivity index (χ0v) is 15.1. The molecule has 0 bridgehead atoms. The third-order valence-electron chi connectivity index (χ3n) is 3.60. The Morgan fingerprint density at radius 2 is 2.19 bits per heavy atom. The Morgan fingerprint density at radius 1 is 1.43 bits per heavy atom. The van der Waals surface area contributed by atoms with E-state index in [0.29, 0.717) is 6.04 Å². The van der Waals surface area contributed by atoms with E-state index in [1.54, 1.807) is 7.11 Å². The molecule has 1 rings (SSSR count). The van der Waals surface area contributed by atoms with Gasteiger partial charge in [-0.25, -0.2) is 0 Å². The van der Waals surface area contributed by atoms with Crippen molar-refractivity contribution in [2.24, 2.45) is 0 Å². The molecule has 5 heteroatoms. The Hall–Kier alpha value is -0.420. The topological polar surface area (TPSA) is 24.5 Å². The summed E-state index contributed by atoms with van der Waals surface area (Å²) < 4.78 is 5.07. The van der Waals surface area contributed by atoms with Gasteiger partial charge >= 0.3 is 0 Å². The molecular weight excluding hydrogens is 304 g/mol. The van der Waals surface area contributed by atoms with E-state index in [1.165, 1.54) is 11.3 Å². The highest BCUT2D eigenvalue weighted by Crippen LogP contribution is 2.26. The Morgan fingerprint density at radius 3 is 2.81 bits per heavy atom. The minimum Gasteiger partial charge on any atom is -0.383 e. The smallest absolute Gasteiger partial charge is 0.0587 e. The number of anilines is 1. The predicted molar refractivity (Wildman–Crippen MR) is 95.9 cm³/mol. The maximum Gasteiger partial charge on any atom is 0.0587 e. The number of hydrogen-bond acceptors (Lipinski definition) is 4. The van der Waals surface area contributed by atoms with Gasteiger partial charge in [-0.15, -0.1) is 0 Å². The van der Waals surface area contributed by atoms with Gasteiger partial charge in [0.25, 0.3) is 0 Å². The van der Waals surface area contributed by atoms with Crippen LogP contribution in [0.2, 0.25) is 5.02 Å². The molecule has 0 aliphatic heterocycles. The Labute approximate surface area is 138 Å². The van der Waals surface area contributed by atoms with Crippen LogP contribution in [0.3, 0.4) is 0 Å². The highest BCUT2D eigenvalue weighted by atomic mass is 35.5. The highest BCUT2D eigenvalue weighted by molar-refractivity contribution is 7.98. The minimum atomic E-state index is 0.541. The third kappa shape index (κ3) is 6.07. The van der Waals surface area contributed by atoms with Crippen LogP contribution in [0.15, 0.2) is 18.2 Å². The van der Waals surface area contributed by atoms with Crippen LogP contribution >= 0.6 is 23.4 Å². The predicted octanol–water partition coefficient (Wildman–Crippen LogP) is 3.65. The second-order valence-electron chi connectivity index (χ2n) is 5.07. The molecule has 1 aromatic carbocycles. The number of ether oxygens (including phenoxy) is 1. The Balaban J connectivity index is 2.83. The molecule has 0 spiro atoms. The van der Waals surface area contributed by atoms with Crippen molar-refractivity contribution in [2.45, 2.75) is 25.9 Å². The van der Waals surface area contributed by atoms with Crippen molar-refractivity contribution >= 4 is 29.1 Å². The lowest BCUT2D eigenvalue weighted by Gasteiger charge is -2.31. The average molecular weight is 331 g/mol. The van der Waals surface area contributed by atoms with Crippen molar-refractivity contribution in [1.82, 2.24) is 5.32 Å². The van der Waals surface area contributed by atoms with Gasteiger partial charge in [0.15, 0.2) is 0 Å². The van der Waals surface area contributed by atoms with Gasteiger partial charge in [0, 0.05) is 49.8 Å². The van der Waals surface area contributed by atoms with E-state index in [2.05, 4.69) is 42.6 Å². The molecule has 1 N–H and O–H groups in total. The molecule has 0 aromatic heterocycles. The average Bonchev–Trinajstić information content (AvgIpc) is 2.48. The molecule has 0 fully saturated rings. The van der Waals surface area contributed by atoms with Gasteiger partial charge in [0.1, 0.15) is 0 Å². The van der Waals surface area contributed by atoms with Gasteiger partial charge in [-0.05, 0) is 36.4 Å². The summed E-state index contributed by atoms with van der Waals surface area (Å²) in [4.78, 5) is 2.38. The van der Waals surface area contributed by atoms with E-state index in [-0.39, 0.29) is 0 Å². The minimum absolute atomic E-state index is 0.541. The first kappa shape index (κ1) is 18.6. The van der Waals surface area contributed by atoms with Gasteiger partial charge in [0.05, 0.1) is 6.61 Å². The molecule has 3 nitrogen and oxygen atoms in total. The number of nitrogens with one attached hydrogen (secondary N) is 1. The van der Waals surface area contributed by atoms with E-state index < -0.39 is 0 Å². The third-order valence-corrected chi connectivity index (χ3v) is 4.55. The van der Waals surface area contributed by atoms with Crippen molar-refractivity contribution in [3.8, 4) is 0 Å². The summed E-state index contributed by atoms with van der Waals surface area (Å²) in [5, 5.41) is 4.18. The summed E-state index contributed by atoms with van der Waals surface area (Å²) in [5.41, 5.74) is 2.49. The molecule has 0 heterocycles. The molecule has 120 valence electrons. The quantitative estimate of drug-likeness (QED) is 0.662. The fourth-order valence-electron chi connectivity index (χ4n) is 2.33. The van der Waals surface area contributed by atoms with Crippen LogP contribution in [-0.4, -0.2) is 45.4 Å². The number of benzene rings is 1. The second-order valence-corrected chi connectivity index (χ2v) is 6.42. The molecule has 0 amide bonds. The largest absolute Gasteiger partial charge is 0.383 e. The van der Waals surface area contributed by atoms with E-state index in [0.717, 1.165) is 36.9 Å². The van der Waals surface area contributed by atoms with Crippen molar-refractivity contribution in [3.63, 3.8) is 0 Å². The second kappa shape index (κ2) is 10.3. The van der Waals surface area contributed by atoms with Gasteiger partial charge in [-0.1, -0.05) is 18.5 Å². The normalized spacial score (nSPS) is 12.4. The van der Waals surface area contributed by atoms with E-state index in [4.69, 9.17) is 16.3 Å². The van der Waals surface area contributed by atoms with E-state index in [1.807, 2.05) is 17.8 Å². The van der Waals surface area contributed by atoms with Crippen LogP contribution in [0, 0.1) is 0 Å². The number of rotatable bonds is 10. The van der Waals surface area contributed by atoms with Crippen molar-refractivity contribution in [1.29, 1.82) is 0 Å². The fraction of sp³-hybridized carbons (Fsp3) is 0.625. The molecule has 0 saturated heterocycles. The maximum atomic E-state index is 6.16. The molecule has 0 saturated carbocycles. The van der Waals surface area contributed by atoms with Crippen molar-refractivity contribution < 1.29 is 4.74 Å². The molecule has 21 heavy (non-hydrogen) atoms. The van der Waals surface area contributed by atoms with Crippen molar-refractivity contribution in [2.75, 3.05) is 44.2 Å². The van der Waals surface area contributed by atoms with Crippen LogP contribution in [0.25, 0.3) is 0 Å². The summed E-state index contributed by atoms with van der Waals surface area (Å²) in [6.07, 6.45) is 3.29. The number of thioether (sulfide) groups is 1. The SMILES string of the molecule is CCC(CSC)N(C)c1ccc(Cl)cc1CNCCOC. The Kier molecular flexibility index (Phi) is 9.16. The van der Waals surface area contributed by atoms with Gasteiger partial charge in [-0.2, -0.15) is 11.8 Å². The lowest BCUT2D eigenvalue weighted by atomic mass is 10.1. The first-order valence-corrected chi connectivity index (χ1v) is 9.11. The summed E-state index contributed by atoms with van der Waals surface area (Å²) >= 11 is 8.05. The number of hydrogen-bond donors (Lipinski definition) is 1.